The number of allylic oxidation sites excluding steroid dienone is 1. The van der Waals surface area contributed by atoms with Gasteiger partial charge in [0.15, 0.2) is 6.04 Å². The maximum Gasteiger partial charge on any atom is 0.333 e. The van der Waals surface area contributed by atoms with Crippen LogP contribution in [0.2, 0.25) is 0 Å². The summed E-state index contributed by atoms with van der Waals surface area (Å²) < 4.78 is 5.63. The van der Waals surface area contributed by atoms with E-state index < -0.39 is 35.8 Å². The fourth-order valence-electron chi connectivity index (χ4n) is 3.95. The van der Waals surface area contributed by atoms with Crippen LogP contribution in [-0.4, -0.2) is 40.3 Å². The molecule has 8 heteroatoms. The Kier molecular flexibility index (Phi) is 9.37. The molecule has 8 nitrogen and oxygen atoms in total. The van der Waals surface area contributed by atoms with Crippen LogP contribution in [0.15, 0.2) is 66.7 Å². The third-order valence-electron chi connectivity index (χ3n) is 5.84. The fourth-order valence-corrected chi connectivity index (χ4v) is 3.95. The van der Waals surface area contributed by atoms with Crippen LogP contribution in [0, 0.1) is 5.92 Å². The van der Waals surface area contributed by atoms with Gasteiger partial charge in [0.25, 0.3) is 5.91 Å². The molecule has 1 saturated carbocycles. The van der Waals surface area contributed by atoms with Gasteiger partial charge < -0.3 is 15.2 Å². The summed E-state index contributed by atoms with van der Waals surface area (Å²) in [6.45, 7) is 0. The molecule has 0 aliphatic heterocycles. The molecule has 0 bridgehead atoms. The number of aliphatic hydroxyl groups excluding tert-OH is 1. The van der Waals surface area contributed by atoms with E-state index in [0.717, 1.165) is 31.2 Å². The Bertz CT molecular complexity index is 973. The van der Waals surface area contributed by atoms with Gasteiger partial charge in [0, 0.05) is 0 Å². The zero-order valence-electron chi connectivity index (χ0n) is 18.8. The van der Waals surface area contributed by atoms with E-state index in [9.17, 15) is 19.5 Å². The molecule has 1 aliphatic rings. The molecule has 2 amide bonds. The first kappa shape index (κ1) is 25.1. The highest BCUT2D eigenvalue weighted by Crippen LogP contribution is 2.25. The Labute approximate surface area is 198 Å². The van der Waals surface area contributed by atoms with Crippen LogP contribution in [0.1, 0.15) is 49.3 Å². The average Bonchev–Trinajstić information content (AvgIpc) is 3.38. The van der Waals surface area contributed by atoms with Gasteiger partial charge in [0.2, 0.25) is 5.91 Å². The van der Waals surface area contributed by atoms with E-state index in [0.29, 0.717) is 5.56 Å². The molecule has 0 spiro atoms. The van der Waals surface area contributed by atoms with E-state index in [1.165, 1.54) is 5.48 Å². The second-order valence-corrected chi connectivity index (χ2v) is 8.27. The summed E-state index contributed by atoms with van der Waals surface area (Å²) in [6.07, 6.45) is 4.92. The van der Waals surface area contributed by atoms with E-state index in [1.807, 2.05) is 30.3 Å². The summed E-state index contributed by atoms with van der Waals surface area (Å²) in [7, 11) is 0. The highest BCUT2D eigenvalue weighted by atomic mass is 16.5. The number of carbonyl (C=O) groups excluding carboxylic acids is 3. The van der Waals surface area contributed by atoms with Gasteiger partial charge in [-0.3, -0.25) is 14.8 Å². The summed E-state index contributed by atoms with van der Waals surface area (Å²) in [5.41, 5.74) is 2.79. The van der Waals surface area contributed by atoms with Crippen LogP contribution in [0.3, 0.4) is 0 Å². The predicted molar refractivity (Wildman–Crippen MR) is 125 cm³/mol. The van der Waals surface area contributed by atoms with E-state index in [1.54, 1.807) is 42.5 Å². The summed E-state index contributed by atoms with van der Waals surface area (Å²) in [5, 5.41) is 22.0. The van der Waals surface area contributed by atoms with Gasteiger partial charge in [-0.2, -0.15) is 0 Å². The molecule has 180 valence electrons. The SMILES string of the molecule is O=C(OC1CCCC1)[C@@H](NC(=O)[C@H](C/C=C/c1ccccc1)[C@H](O)C(=O)NO)c1ccccc1. The van der Waals surface area contributed by atoms with Crippen LogP contribution in [0.4, 0.5) is 0 Å². The minimum Gasteiger partial charge on any atom is -0.461 e. The van der Waals surface area contributed by atoms with Crippen molar-refractivity contribution in [3.8, 4) is 0 Å². The number of esters is 1. The van der Waals surface area contributed by atoms with Crippen molar-refractivity contribution < 1.29 is 29.4 Å². The second kappa shape index (κ2) is 12.7. The summed E-state index contributed by atoms with van der Waals surface area (Å²) in [6, 6.07) is 16.9. The standard InChI is InChI=1S/C26H30N2O6/c29-23(25(31)28-33)21(17-9-12-18-10-3-1-4-11-18)24(30)27-22(19-13-5-2-6-14-19)26(32)34-20-15-7-8-16-20/h1-6,9-14,20-23,29,33H,7-8,15-17H2,(H,27,30)(H,28,31)/b12-9+/t21-,22+,23+/m1/s1. The fraction of sp³-hybridized carbons (Fsp3) is 0.346. The van der Waals surface area contributed by atoms with E-state index in [-0.39, 0.29) is 12.5 Å². The quantitative estimate of drug-likeness (QED) is 0.242. The van der Waals surface area contributed by atoms with Crippen LogP contribution in [0.5, 0.6) is 0 Å². The number of hydroxylamine groups is 1. The highest BCUT2D eigenvalue weighted by Gasteiger charge is 2.35. The molecule has 0 radical (unpaired) electrons. The zero-order valence-corrected chi connectivity index (χ0v) is 18.8. The normalized spacial score (nSPS) is 16.5. The molecule has 0 unspecified atom stereocenters. The number of rotatable bonds is 10. The molecular weight excluding hydrogens is 436 g/mol. The largest absolute Gasteiger partial charge is 0.461 e. The summed E-state index contributed by atoms with van der Waals surface area (Å²) in [5.74, 6) is -3.67. The molecule has 1 aliphatic carbocycles. The number of carbonyl (C=O) groups is 3. The number of hydrogen-bond donors (Lipinski definition) is 4. The zero-order chi connectivity index (χ0) is 24.3. The van der Waals surface area contributed by atoms with E-state index >= 15 is 0 Å². The van der Waals surface area contributed by atoms with Crippen molar-refractivity contribution in [3.63, 3.8) is 0 Å². The summed E-state index contributed by atoms with van der Waals surface area (Å²) in [4.78, 5) is 38.1. The first-order chi connectivity index (χ1) is 16.5. The number of benzene rings is 2. The second-order valence-electron chi connectivity index (χ2n) is 8.27. The van der Waals surface area contributed by atoms with Crippen LogP contribution in [-0.2, 0) is 19.1 Å². The number of nitrogens with one attached hydrogen (secondary N) is 2. The van der Waals surface area contributed by atoms with Crippen LogP contribution >= 0.6 is 0 Å². The Morgan fingerprint density at radius 1 is 0.971 bits per heavy atom. The Morgan fingerprint density at radius 2 is 1.59 bits per heavy atom. The molecule has 2 aromatic carbocycles. The molecule has 0 heterocycles. The van der Waals surface area contributed by atoms with Crippen LogP contribution < -0.4 is 10.8 Å². The number of aliphatic hydroxyl groups is 1. The molecule has 1 fully saturated rings. The molecule has 0 aromatic heterocycles. The van der Waals surface area contributed by atoms with Gasteiger partial charge in [-0.05, 0) is 43.2 Å². The Hall–Kier alpha value is -3.49. The smallest absolute Gasteiger partial charge is 0.333 e. The van der Waals surface area contributed by atoms with Crippen molar-refractivity contribution >= 4 is 23.9 Å². The minimum absolute atomic E-state index is 0.00546. The minimum atomic E-state index is -1.83. The maximum atomic E-state index is 13.2. The van der Waals surface area contributed by atoms with Crippen molar-refractivity contribution in [1.29, 1.82) is 0 Å². The lowest BCUT2D eigenvalue weighted by molar-refractivity contribution is -0.154. The van der Waals surface area contributed by atoms with E-state index in [2.05, 4.69) is 5.32 Å². The van der Waals surface area contributed by atoms with Crippen molar-refractivity contribution in [2.75, 3.05) is 0 Å². The molecule has 34 heavy (non-hydrogen) atoms. The van der Waals surface area contributed by atoms with Gasteiger partial charge in [0.05, 0.1) is 5.92 Å². The monoisotopic (exact) mass is 466 g/mol. The number of ether oxygens (including phenoxy) is 1. The lowest BCUT2D eigenvalue weighted by atomic mass is 9.95. The van der Waals surface area contributed by atoms with Crippen molar-refractivity contribution in [3.05, 3.63) is 77.9 Å². The number of hydrogen-bond acceptors (Lipinski definition) is 6. The van der Waals surface area contributed by atoms with Crippen LogP contribution in [0.25, 0.3) is 6.08 Å². The van der Waals surface area contributed by atoms with Crippen molar-refractivity contribution in [2.45, 2.75) is 50.4 Å². The third kappa shape index (κ3) is 7.00. The lowest BCUT2D eigenvalue weighted by Gasteiger charge is -2.25. The molecule has 0 saturated heterocycles. The molecule has 2 aromatic rings. The first-order valence-corrected chi connectivity index (χ1v) is 11.4. The third-order valence-corrected chi connectivity index (χ3v) is 5.84. The predicted octanol–water partition coefficient (Wildman–Crippen LogP) is 2.92. The summed E-state index contributed by atoms with van der Waals surface area (Å²) >= 11 is 0. The number of amides is 2. The molecule has 4 N–H and O–H groups in total. The van der Waals surface area contributed by atoms with E-state index in [4.69, 9.17) is 9.94 Å². The van der Waals surface area contributed by atoms with Gasteiger partial charge in [-0.25, -0.2) is 10.3 Å². The van der Waals surface area contributed by atoms with Gasteiger partial charge in [-0.15, -0.1) is 0 Å². The first-order valence-electron chi connectivity index (χ1n) is 11.4. The Balaban J connectivity index is 1.78. The van der Waals surface area contributed by atoms with Gasteiger partial charge in [0.1, 0.15) is 12.2 Å². The highest BCUT2D eigenvalue weighted by molar-refractivity contribution is 5.91. The van der Waals surface area contributed by atoms with Gasteiger partial charge in [-0.1, -0.05) is 72.8 Å². The van der Waals surface area contributed by atoms with Crippen molar-refractivity contribution in [1.82, 2.24) is 10.8 Å². The molecule has 3 atom stereocenters. The molecule has 3 rings (SSSR count). The maximum absolute atomic E-state index is 13.2. The van der Waals surface area contributed by atoms with Gasteiger partial charge >= 0.3 is 5.97 Å². The average molecular weight is 467 g/mol. The molecular formula is C26H30N2O6. The van der Waals surface area contributed by atoms with Crippen molar-refractivity contribution in [2.24, 2.45) is 5.92 Å². The topological polar surface area (TPSA) is 125 Å². The lowest BCUT2D eigenvalue weighted by Crippen LogP contribution is -2.47. The Morgan fingerprint density at radius 3 is 2.21 bits per heavy atom.